The van der Waals surface area contributed by atoms with Gasteiger partial charge in [0, 0.05) is 0 Å². The maximum atomic E-state index is 7.18. The van der Waals surface area contributed by atoms with Crippen molar-refractivity contribution < 1.29 is 0 Å². The van der Waals surface area contributed by atoms with Gasteiger partial charge in [-0.3, -0.25) is 0 Å². The second-order valence-electron chi connectivity index (χ2n) is 0.100. The van der Waals surface area contributed by atoms with Gasteiger partial charge in [0.05, 0.1) is 0 Å². The molecule has 0 rings (SSSR count). The zero-order chi connectivity index (χ0) is 2.71. The van der Waals surface area contributed by atoms with E-state index in [2.05, 4.69) is 12.6 Å². The van der Waals surface area contributed by atoms with Crippen molar-refractivity contribution in [3.8, 4) is 5.40 Å². The predicted molar refractivity (Wildman–Crippen MR) is 23.1 cm³/mol. The van der Waals surface area contributed by atoms with Crippen LogP contribution in [0.1, 0.15) is 0 Å². The van der Waals surface area contributed by atoms with Crippen LogP contribution in [0.2, 0.25) is 0 Å². The molecule has 20 valence electrons. The Morgan fingerprint density at radius 2 is 1.75 bits per heavy atom. The van der Waals surface area contributed by atoms with Crippen LogP contribution in [0.5, 0.6) is 0 Å². The van der Waals surface area contributed by atoms with E-state index in [0.717, 1.165) is 0 Å². The van der Waals surface area contributed by atoms with E-state index in [9.17, 15) is 0 Å². The molecule has 0 bridgehead atoms. The number of nitriles is 1. The molecule has 0 aromatic rings. The number of thiol groups is 1. The van der Waals surface area contributed by atoms with E-state index in [1.165, 1.54) is 5.40 Å². The molecular formula is CH3BaNS. The summed E-state index contributed by atoms with van der Waals surface area (Å²) in [4.78, 5) is 0. The van der Waals surface area contributed by atoms with Crippen LogP contribution in [0, 0.1) is 10.7 Å². The Hall–Kier alpha value is 1.41. The standard InChI is InChI=1S/CHNS.Ba.2H/c2-1-3;;;/h3H;;;. The van der Waals surface area contributed by atoms with Crippen molar-refractivity contribution in [1.29, 1.82) is 5.26 Å². The fourth-order valence-corrected chi connectivity index (χ4v) is 0. The Morgan fingerprint density at radius 3 is 1.75 bits per heavy atom. The van der Waals surface area contributed by atoms with Crippen LogP contribution in [-0.2, 0) is 0 Å². The fraction of sp³-hybridized carbons (Fsp3) is 0. The Labute approximate surface area is 70.9 Å². The number of rotatable bonds is 0. The van der Waals surface area contributed by atoms with E-state index in [0.29, 0.717) is 0 Å². The summed E-state index contributed by atoms with van der Waals surface area (Å²) in [5.74, 6) is 0. The van der Waals surface area contributed by atoms with Gasteiger partial charge in [-0.25, -0.2) is 0 Å². The molecule has 0 N–H and O–H groups in total. The van der Waals surface area contributed by atoms with Gasteiger partial charge in [-0.05, 0) is 0 Å². The normalized spacial score (nSPS) is 2.00. The summed E-state index contributed by atoms with van der Waals surface area (Å²) in [6, 6.07) is 0. The Balaban J connectivity index is 0. The third-order valence-corrected chi connectivity index (χ3v) is 0. The molecule has 0 atom stereocenters. The average Bonchev–Trinajstić information content (AvgIpc) is 0.918. The van der Waals surface area contributed by atoms with Gasteiger partial charge in [0.15, 0.2) is 0 Å². The second-order valence-corrected chi connectivity index (χ2v) is 0.300. The number of hydrogen-bond donors (Lipinski definition) is 1. The molecule has 0 aromatic heterocycles. The molecule has 4 heavy (non-hydrogen) atoms. The number of thiocyanates is 1. The van der Waals surface area contributed by atoms with Crippen molar-refractivity contribution in [3.05, 3.63) is 0 Å². The summed E-state index contributed by atoms with van der Waals surface area (Å²) in [6.07, 6.45) is 0. The molecule has 0 saturated heterocycles. The van der Waals surface area contributed by atoms with Crippen molar-refractivity contribution in [2.24, 2.45) is 0 Å². The zero-order valence-electron chi connectivity index (χ0n) is 1.39. The van der Waals surface area contributed by atoms with Gasteiger partial charge in [-0.1, -0.05) is 12.6 Å². The molecule has 0 aliphatic rings. The van der Waals surface area contributed by atoms with Crippen LogP contribution in [0.15, 0.2) is 0 Å². The molecule has 0 aromatic carbocycles. The van der Waals surface area contributed by atoms with Gasteiger partial charge in [0.1, 0.15) is 5.40 Å². The second kappa shape index (κ2) is 8.83. The van der Waals surface area contributed by atoms with Crippen LogP contribution in [0.25, 0.3) is 0 Å². The molecule has 0 aliphatic carbocycles. The first-order valence-corrected chi connectivity index (χ1v) is 0.894. The van der Waals surface area contributed by atoms with E-state index in [4.69, 9.17) is 5.26 Å². The van der Waals surface area contributed by atoms with E-state index in [-0.39, 0.29) is 48.9 Å². The van der Waals surface area contributed by atoms with Gasteiger partial charge in [0.25, 0.3) is 0 Å². The van der Waals surface area contributed by atoms with Crippen molar-refractivity contribution in [2.45, 2.75) is 0 Å². The molecule has 0 amide bonds. The molecule has 0 unspecified atom stereocenters. The average molecular weight is 198 g/mol. The quantitative estimate of drug-likeness (QED) is 0.316. The van der Waals surface area contributed by atoms with Gasteiger partial charge in [-0.15, -0.1) is 0 Å². The molecule has 0 aliphatic heterocycles. The van der Waals surface area contributed by atoms with E-state index >= 15 is 0 Å². The van der Waals surface area contributed by atoms with Gasteiger partial charge < -0.3 is 0 Å². The molecular weight excluding hydrogens is 195 g/mol. The van der Waals surface area contributed by atoms with E-state index in [1.807, 2.05) is 0 Å². The summed E-state index contributed by atoms with van der Waals surface area (Å²) < 4.78 is 0. The van der Waals surface area contributed by atoms with E-state index < -0.39 is 0 Å². The van der Waals surface area contributed by atoms with Crippen LogP contribution in [0.4, 0.5) is 0 Å². The first-order valence-electron chi connectivity index (χ1n) is 0.447. The van der Waals surface area contributed by atoms with Crippen molar-refractivity contribution in [1.82, 2.24) is 0 Å². The van der Waals surface area contributed by atoms with Crippen molar-refractivity contribution in [2.75, 3.05) is 0 Å². The van der Waals surface area contributed by atoms with Crippen molar-refractivity contribution >= 4 is 61.5 Å². The van der Waals surface area contributed by atoms with Crippen LogP contribution >= 0.6 is 12.6 Å². The summed E-state index contributed by atoms with van der Waals surface area (Å²) in [5.41, 5.74) is 0. The minimum atomic E-state index is 0. The van der Waals surface area contributed by atoms with Gasteiger partial charge in [0.2, 0.25) is 0 Å². The third-order valence-electron chi connectivity index (χ3n) is 0. The van der Waals surface area contributed by atoms with Crippen LogP contribution < -0.4 is 0 Å². The summed E-state index contributed by atoms with van der Waals surface area (Å²) in [5, 5.41) is 8.63. The molecule has 0 saturated carbocycles. The van der Waals surface area contributed by atoms with Crippen LogP contribution in [0.3, 0.4) is 0 Å². The third kappa shape index (κ3) is 9.96. The Morgan fingerprint density at radius 1 is 1.75 bits per heavy atom. The SMILES string of the molecule is N#CS.[BaH2]. The molecule has 3 heteroatoms. The first-order chi connectivity index (χ1) is 1.41. The molecule has 0 radical (unpaired) electrons. The Bertz CT molecular complexity index is 29.5. The summed E-state index contributed by atoms with van der Waals surface area (Å²) >= 11 is 3.09. The minimum absolute atomic E-state index is 0. The van der Waals surface area contributed by atoms with Crippen LogP contribution in [-0.4, -0.2) is 48.9 Å². The van der Waals surface area contributed by atoms with Gasteiger partial charge in [-0.2, -0.15) is 5.26 Å². The van der Waals surface area contributed by atoms with E-state index in [1.54, 1.807) is 0 Å². The predicted octanol–water partition coefficient (Wildman–Crippen LogP) is -0.519. The summed E-state index contributed by atoms with van der Waals surface area (Å²) in [6.45, 7) is 0. The molecule has 0 heterocycles. The van der Waals surface area contributed by atoms with Crippen molar-refractivity contribution in [3.63, 3.8) is 0 Å². The number of hydrogen-bond acceptors (Lipinski definition) is 2. The zero-order valence-corrected chi connectivity index (χ0v) is 2.29. The molecule has 1 nitrogen and oxygen atoms in total. The maximum absolute atomic E-state index is 7.18. The molecule has 0 fully saturated rings. The Kier molecular flexibility index (Phi) is 20.0. The monoisotopic (exact) mass is 199 g/mol. The number of nitrogens with zero attached hydrogens (tertiary/aromatic N) is 1. The topological polar surface area (TPSA) is 23.8 Å². The van der Waals surface area contributed by atoms with Gasteiger partial charge >= 0.3 is 48.9 Å². The first kappa shape index (κ1) is 9.05. The fourth-order valence-electron chi connectivity index (χ4n) is 0. The molecule has 0 spiro atoms. The summed E-state index contributed by atoms with van der Waals surface area (Å²) in [7, 11) is 0.